The molecule has 1 fully saturated rings. The van der Waals surface area contributed by atoms with Crippen molar-refractivity contribution in [1.29, 1.82) is 0 Å². The van der Waals surface area contributed by atoms with Gasteiger partial charge in [-0.2, -0.15) is 5.10 Å². The first-order valence-corrected chi connectivity index (χ1v) is 11.3. The van der Waals surface area contributed by atoms with Gasteiger partial charge in [0.25, 0.3) is 0 Å². The molecular weight excluding hydrogens is 398 g/mol. The van der Waals surface area contributed by atoms with E-state index >= 15 is 0 Å². The average Bonchev–Trinajstić information content (AvgIpc) is 3.01. The van der Waals surface area contributed by atoms with Crippen molar-refractivity contribution in [2.75, 3.05) is 0 Å². The molecule has 2 aliphatic rings. The van der Waals surface area contributed by atoms with Crippen LogP contribution in [-0.2, 0) is 4.74 Å². The van der Waals surface area contributed by atoms with Crippen LogP contribution in [0.5, 0.6) is 0 Å². The molecule has 2 heterocycles. The summed E-state index contributed by atoms with van der Waals surface area (Å²) in [6, 6.07) is 0. The molecule has 1 aromatic rings. The van der Waals surface area contributed by atoms with Gasteiger partial charge in [-0.1, -0.05) is 6.08 Å². The Bertz CT molecular complexity index is 596. The van der Waals surface area contributed by atoms with Crippen molar-refractivity contribution in [2.45, 2.75) is 57.2 Å². The number of carbonyl (C=O) groups excluding carboxylic acids is 1. The number of nitrogens with zero attached hydrogens (tertiary/aromatic N) is 2. The van der Waals surface area contributed by atoms with E-state index in [4.69, 9.17) is 4.74 Å². The van der Waals surface area contributed by atoms with E-state index in [1.54, 1.807) is 0 Å². The van der Waals surface area contributed by atoms with E-state index in [0.29, 0.717) is 11.9 Å². The summed E-state index contributed by atoms with van der Waals surface area (Å²) in [7, 11) is 0. The van der Waals surface area contributed by atoms with E-state index in [2.05, 4.69) is 47.1 Å². The number of aldehydes is 1. The van der Waals surface area contributed by atoms with E-state index < -0.39 is 0 Å². The van der Waals surface area contributed by atoms with Gasteiger partial charge in [0, 0.05) is 6.20 Å². The smallest absolute Gasteiger partial charge is 0.153 e. The van der Waals surface area contributed by atoms with Crippen molar-refractivity contribution in [3.8, 4) is 0 Å². The van der Waals surface area contributed by atoms with Crippen molar-refractivity contribution < 1.29 is 9.53 Å². The van der Waals surface area contributed by atoms with Crippen LogP contribution in [0.15, 0.2) is 12.3 Å². The molecule has 0 saturated carbocycles. The summed E-state index contributed by atoms with van der Waals surface area (Å²) < 4.78 is 8.15. The third kappa shape index (κ3) is 3.10. The van der Waals surface area contributed by atoms with E-state index in [1.807, 2.05) is 10.6 Å². The van der Waals surface area contributed by atoms with Gasteiger partial charge in [0.05, 0.1) is 28.8 Å². The second-order valence-electron chi connectivity index (χ2n) is 6.56. The molecule has 1 spiro atoms. The predicted molar refractivity (Wildman–Crippen MR) is 94.3 cm³/mol. The van der Waals surface area contributed by atoms with Crippen molar-refractivity contribution in [1.82, 2.24) is 9.55 Å². The molecule has 1 aliphatic heterocycles. The molecule has 21 heavy (non-hydrogen) atoms. The van der Waals surface area contributed by atoms with E-state index in [-0.39, 0.29) is 11.2 Å². The van der Waals surface area contributed by atoms with E-state index in [9.17, 15) is 4.79 Å². The van der Waals surface area contributed by atoms with Gasteiger partial charge in [-0.15, -0.1) is 0 Å². The first-order chi connectivity index (χ1) is 9.97. The summed E-state index contributed by atoms with van der Waals surface area (Å²) in [6.07, 6.45) is 10.7. The number of ether oxygens (including phenoxy) is 1. The molecule has 0 N–H and O–H groups in total. The minimum absolute atomic E-state index is 0.00318. The van der Waals surface area contributed by atoms with Crippen molar-refractivity contribution in [3.63, 3.8) is 0 Å². The minimum atomic E-state index is 0.00318. The van der Waals surface area contributed by atoms with Gasteiger partial charge >= 0.3 is 0 Å². The molecule has 4 nitrogen and oxygen atoms in total. The first kappa shape index (κ1) is 15.6. The van der Waals surface area contributed by atoms with E-state index in [1.165, 1.54) is 5.57 Å². The molecule has 0 radical (unpaired) electrons. The summed E-state index contributed by atoms with van der Waals surface area (Å²) in [4.78, 5) is 11.2. The molecule has 6 heteroatoms. The number of hydrogen-bond acceptors (Lipinski definition) is 3. The normalized spacial score (nSPS) is 28.4. The number of rotatable bonds is 3. The van der Waals surface area contributed by atoms with Gasteiger partial charge in [-0.25, -0.2) is 4.45 Å². The molecule has 1 aliphatic carbocycles. The summed E-state index contributed by atoms with van der Waals surface area (Å²) in [6.45, 7) is 4.35. The van der Waals surface area contributed by atoms with Crippen LogP contribution in [-0.4, -0.2) is 27.0 Å². The van der Waals surface area contributed by atoms with Gasteiger partial charge in [-0.3, -0.25) is 4.79 Å². The second kappa shape index (κ2) is 5.74. The Morgan fingerprint density at radius 3 is 2.76 bits per heavy atom. The highest BCUT2D eigenvalue weighted by Crippen LogP contribution is 2.47. The SMILES string of the molecule is CC1(C)CCC2(CC=C(c3nn(PI)cc3C=O)CC2)O1. The zero-order valence-electron chi connectivity index (χ0n) is 12.4. The van der Waals surface area contributed by atoms with Crippen LogP contribution >= 0.6 is 28.4 Å². The van der Waals surface area contributed by atoms with Crippen LogP contribution in [0, 0.1) is 0 Å². The number of carbonyl (C=O) groups is 1. The largest absolute Gasteiger partial charge is 0.369 e. The maximum absolute atomic E-state index is 11.2. The fourth-order valence-electron chi connectivity index (χ4n) is 3.39. The monoisotopic (exact) mass is 418 g/mol. The Morgan fingerprint density at radius 1 is 1.43 bits per heavy atom. The lowest BCUT2D eigenvalue weighted by Crippen LogP contribution is -2.33. The summed E-state index contributed by atoms with van der Waals surface area (Å²) in [5.41, 5.74) is 2.78. The Balaban J connectivity index is 1.82. The van der Waals surface area contributed by atoms with Crippen LogP contribution in [0.3, 0.4) is 0 Å². The molecule has 2 unspecified atom stereocenters. The van der Waals surface area contributed by atoms with Gasteiger partial charge in [-0.05, 0) is 73.6 Å². The molecule has 0 amide bonds. The van der Waals surface area contributed by atoms with Crippen LogP contribution in [0.1, 0.15) is 62.0 Å². The molecule has 1 saturated heterocycles. The number of allylic oxidation sites excluding steroid dienone is 1. The second-order valence-corrected chi connectivity index (χ2v) is 8.63. The maximum atomic E-state index is 11.2. The van der Waals surface area contributed by atoms with E-state index in [0.717, 1.165) is 44.1 Å². The molecule has 2 atom stereocenters. The first-order valence-electron chi connectivity index (χ1n) is 7.28. The quantitative estimate of drug-likeness (QED) is 0.416. The van der Waals surface area contributed by atoms with Crippen molar-refractivity contribution in [2.24, 2.45) is 0 Å². The molecule has 0 aromatic carbocycles. The van der Waals surface area contributed by atoms with Crippen LogP contribution in [0.25, 0.3) is 5.57 Å². The van der Waals surface area contributed by atoms with Crippen molar-refractivity contribution in [3.05, 3.63) is 23.5 Å². The van der Waals surface area contributed by atoms with Gasteiger partial charge < -0.3 is 4.74 Å². The highest BCUT2D eigenvalue weighted by Gasteiger charge is 2.44. The summed E-state index contributed by atoms with van der Waals surface area (Å²) in [5.74, 6) is 0. The Hall–Kier alpha value is -0.260. The Morgan fingerprint density at radius 2 is 2.24 bits per heavy atom. The number of aromatic nitrogens is 2. The Kier molecular flexibility index (Phi) is 4.27. The minimum Gasteiger partial charge on any atom is -0.369 e. The van der Waals surface area contributed by atoms with Gasteiger partial charge in [0.15, 0.2) is 6.29 Å². The number of halogens is 1. The van der Waals surface area contributed by atoms with Crippen molar-refractivity contribution >= 4 is 40.3 Å². The lowest BCUT2D eigenvalue weighted by molar-refractivity contribution is -0.0888. The fraction of sp³-hybridized carbons (Fsp3) is 0.600. The van der Waals surface area contributed by atoms with Crippen LogP contribution in [0.4, 0.5) is 0 Å². The highest BCUT2D eigenvalue weighted by atomic mass is 127. The predicted octanol–water partition coefficient (Wildman–Crippen LogP) is 4.38. The molecule has 0 bridgehead atoms. The highest BCUT2D eigenvalue weighted by molar-refractivity contribution is 14.2. The van der Waals surface area contributed by atoms with Crippen LogP contribution in [0.2, 0.25) is 0 Å². The number of hydrogen-bond donors (Lipinski definition) is 0. The molecule has 1 aromatic heterocycles. The third-order valence-electron chi connectivity index (χ3n) is 4.51. The third-order valence-corrected chi connectivity index (χ3v) is 6.39. The fourth-order valence-corrected chi connectivity index (χ4v) is 4.46. The Labute approximate surface area is 140 Å². The molecule has 114 valence electrons. The lowest BCUT2D eigenvalue weighted by atomic mass is 9.82. The summed E-state index contributed by atoms with van der Waals surface area (Å²) >= 11 is 2.27. The lowest BCUT2D eigenvalue weighted by Gasteiger charge is -2.34. The van der Waals surface area contributed by atoms with Gasteiger partial charge in [0.2, 0.25) is 0 Å². The van der Waals surface area contributed by atoms with Gasteiger partial charge in [0.1, 0.15) is 0 Å². The standard InChI is InChI=1S/C15H20IN2O2P/c1-14(2)7-8-15(20-14)5-3-11(4-6-15)13-12(10-19)9-18(17-13)21-16/h3,9-10,21H,4-8H2,1-2H3. The maximum Gasteiger partial charge on any atom is 0.153 e. The zero-order chi connectivity index (χ0) is 15.1. The molecule has 3 rings (SSSR count). The summed E-state index contributed by atoms with van der Waals surface area (Å²) in [5, 5.41) is 4.55. The zero-order valence-corrected chi connectivity index (χ0v) is 15.5. The molecular formula is C15H20IN2O2P. The van der Waals surface area contributed by atoms with Crippen LogP contribution < -0.4 is 0 Å². The topological polar surface area (TPSA) is 44.1 Å². The average molecular weight is 418 g/mol.